The highest BCUT2D eigenvalue weighted by Gasteiger charge is 2.20. The van der Waals surface area contributed by atoms with Gasteiger partial charge in [-0.1, -0.05) is 6.92 Å². The van der Waals surface area contributed by atoms with Crippen molar-refractivity contribution in [3.05, 3.63) is 18.2 Å². The van der Waals surface area contributed by atoms with Crippen LogP contribution in [0.4, 0.5) is 5.69 Å². The van der Waals surface area contributed by atoms with Crippen molar-refractivity contribution in [2.75, 3.05) is 26.4 Å². The molecule has 0 unspecified atom stereocenters. The molecule has 0 saturated carbocycles. The van der Waals surface area contributed by atoms with Gasteiger partial charge < -0.3 is 10.5 Å². The summed E-state index contributed by atoms with van der Waals surface area (Å²) in [5, 5.41) is 0. The molecule has 1 aromatic rings. The summed E-state index contributed by atoms with van der Waals surface area (Å²) in [4.78, 5) is 0.183. The van der Waals surface area contributed by atoms with Gasteiger partial charge >= 0.3 is 0 Å². The van der Waals surface area contributed by atoms with Crippen molar-refractivity contribution >= 4 is 15.7 Å². The summed E-state index contributed by atoms with van der Waals surface area (Å²) in [6.45, 7) is 2.18. The average Bonchev–Trinajstić information content (AvgIpc) is 2.28. The van der Waals surface area contributed by atoms with E-state index in [1.807, 2.05) is 0 Å². The Bertz CT molecular complexity index is 471. The number of sulfonamides is 1. The van der Waals surface area contributed by atoms with E-state index in [4.69, 9.17) is 10.5 Å². The van der Waals surface area contributed by atoms with Gasteiger partial charge in [0.2, 0.25) is 10.0 Å². The van der Waals surface area contributed by atoms with Crippen LogP contribution in [0.5, 0.6) is 5.75 Å². The quantitative estimate of drug-likeness (QED) is 0.799. The third kappa shape index (κ3) is 2.28. The zero-order valence-electron chi connectivity index (χ0n) is 9.60. The predicted octanol–water partition coefficient (Wildman–Crippen LogP) is 0.918. The molecule has 0 bridgehead atoms. The van der Waals surface area contributed by atoms with Crippen LogP contribution in [0.15, 0.2) is 23.1 Å². The highest BCUT2D eigenvalue weighted by molar-refractivity contribution is 7.89. The molecule has 1 aromatic carbocycles. The van der Waals surface area contributed by atoms with Gasteiger partial charge in [0.1, 0.15) is 5.75 Å². The van der Waals surface area contributed by atoms with Crippen molar-refractivity contribution in [2.45, 2.75) is 11.8 Å². The molecule has 0 aliphatic carbocycles. The molecular formula is C10H16N2O3S. The van der Waals surface area contributed by atoms with E-state index in [2.05, 4.69) is 0 Å². The first kappa shape index (κ1) is 12.8. The van der Waals surface area contributed by atoms with Gasteiger partial charge in [-0.15, -0.1) is 0 Å². The van der Waals surface area contributed by atoms with E-state index in [1.54, 1.807) is 6.92 Å². The van der Waals surface area contributed by atoms with E-state index < -0.39 is 10.0 Å². The smallest absolute Gasteiger partial charge is 0.242 e. The minimum absolute atomic E-state index is 0.183. The molecule has 1 rings (SSSR count). The van der Waals surface area contributed by atoms with Gasteiger partial charge in [0.25, 0.3) is 0 Å². The van der Waals surface area contributed by atoms with E-state index >= 15 is 0 Å². The minimum Gasteiger partial charge on any atom is -0.495 e. The third-order valence-electron chi connectivity index (χ3n) is 2.36. The van der Waals surface area contributed by atoms with Crippen LogP contribution in [0.25, 0.3) is 0 Å². The molecule has 0 amide bonds. The highest BCUT2D eigenvalue weighted by Crippen LogP contribution is 2.25. The van der Waals surface area contributed by atoms with Crippen LogP contribution in [0.1, 0.15) is 6.92 Å². The molecule has 0 fully saturated rings. The van der Waals surface area contributed by atoms with Gasteiger partial charge in [-0.05, 0) is 12.1 Å². The lowest BCUT2D eigenvalue weighted by Crippen LogP contribution is -2.26. The number of ether oxygens (including phenoxy) is 1. The first-order valence-corrected chi connectivity index (χ1v) is 6.27. The van der Waals surface area contributed by atoms with Gasteiger partial charge in [0.15, 0.2) is 0 Å². The molecule has 0 atom stereocenters. The van der Waals surface area contributed by atoms with Crippen LogP contribution < -0.4 is 10.5 Å². The van der Waals surface area contributed by atoms with Crippen molar-refractivity contribution < 1.29 is 13.2 Å². The number of hydrogen-bond acceptors (Lipinski definition) is 4. The largest absolute Gasteiger partial charge is 0.495 e. The minimum atomic E-state index is -3.44. The normalized spacial score (nSPS) is 11.8. The Morgan fingerprint density at radius 2 is 2.06 bits per heavy atom. The second-order valence-electron chi connectivity index (χ2n) is 3.32. The lowest BCUT2D eigenvalue weighted by atomic mass is 10.3. The fraction of sp³-hybridized carbons (Fsp3) is 0.400. The lowest BCUT2D eigenvalue weighted by molar-refractivity contribution is 0.415. The Labute approximate surface area is 95.9 Å². The second-order valence-corrected chi connectivity index (χ2v) is 5.37. The fourth-order valence-electron chi connectivity index (χ4n) is 1.20. The van der Waals surface area contributed by atoms with Gasteiger partial charge in [-0.25, -0.2) is 12.7 Å². The predicted molar refractivity (Wildman–Crippen MR) is 62.9 cm³/mol. The summed E-state index contributed by atoms with van der Waals surface area (Å²) >= 11 is 0. The molecule has 5 nitrogen and oxygen atoms in total. The van der Waals surface area contributed by atoms with Crippen LogP contribution in [-0.2, 0) is 10.0 Å². The van der Waals surface area contributed by atoms with Gasteiger partial charge in [-0.3, -0.25) is 0 Å². The number of nitrogens with two attached hydrogens (primary N) is 1. The van der Waals surface area contributed by atoms with Crippen molar-refractivity contribution in [2.24, 2.45) is 0 Å². The standard InChI is InChI=1S/C10H16N2O3S/c1-4-12(2)16(13,14)8-5-6-9(11)10(7-8)15-3/h5-7H,4,11H2,1-3H3. The molecule has 6 heteroatoms. The highest BCUT2D eigenvalue weighted by atomic mass is 32.2. The van der Waals surface area contributed by atoms with Crippen LogP contribution in [0.2, 0.25) is 0 Å². The summed E-state index contributed by atoms with van der Waals surface area (Å²) in [6, 6.07) is 4.42. The Morgan fingerprint density at radius 1 is 1.44 bits per heavy atom. The maximum Gasteiger partial charge on any atom is 0.242 e. The first-order chi connectivity index (χ1) is 7.43. The summed E-state index contributed by atoms with van der Waals surface area (Å²) in [6.07, 6.45) is 0. The molecule has 0 aliphatic heterocycles. The number of nitrogens with zero attached hydrogens (tertiary/aromatic N) is 1. The number of rotatable bonds is 4. The molecule has 0 saturated heterocycles. The summed E-state index contributed by atoms with van der Waals surface area (Å²) in [7, 11) is -0.465. The van der Waals surface area contributed by atoms with E-state index in [9.17, 15) is 8.42 Å². The SMILES string of the molecule is CCN(C)S(=O)(=O)c1ccc(N)c(OC)c1. The zero-order chi connectivity index (χ0) is 12.3. The topological polar surface area (TPSA) is 72.6 Å². The molecule has 90 valence electrons. The zero-order valence-corrected chi connectivity index (χ0v) is 10.4. The van der Waals surface area contributed by atoms with Crippen LogP contribution in [-0.4, -0.2) is 33.4 Å². The fourth-order valence-corrected chi connectivity index (χ4v) is 2.40. The maximum absolute atomic E-state index is 12.0. The van der Waals surface area contributed by atoms with E-state index in [0.717, 1.165) is 0 Å². The van der Waals surface area contributed by atoms with Gasteiger partial charge in [0.05, 0.1) is 17.7 Å². The van der Waals surface area contributed by atoms with Crippen molar-refractivity contribution in [3.63, 3.8) is 0 Å². The van der Waals surface area contributed by atoms with E-state index in [-0.39, 0.29) is 4.90 Å². The lowest BCUT2D eigenvalue weighted by Gasteiger charge is -2.15. The summed E-state index contributed by atoms with van der Waals surface area (Å²) in [5.41, 5.74) is 6.04. The van der Waals surface area contributed by atoms with Crippen LogP contribution >= 0.6 is 0 Å². The van der Waals surface area contributed by atoms with Crippen molar-refractivity contribution in [1.29, 1.82) is 0 Å². The molecule has 0 radical (unpaired) electrons. The molecule has 0 spiro atoms. The van der Waals surface area contributed by atoms with Crippen LogP contribution in [0, 0.1) is 0 Å². The molecule has 2 N–H and O–H groups in total. The van der Waals surface area contributed by atoms with Crippen molar-refractivity contribution in [1.82, 2.24) is 4.31 Å². The Kier molecular flexibility index (Phi) is 3.77. The Hall–Kier alpha value is -1.27. The van der Waals surface area contributed by atoms with E-state index in [1.165, 1.54) is 36.7 Å². The number of methoxy groups -OCH3 is 1. The number of nitrogen functional groups attached to an aromatic ring is 1. The Morgan fingerprint density at radius 3 is 2.56 bits per heavy atom. The Balaban J connectivity index is 3.24. The van der Waals surface area contributed by atoms with Gasteiger partial charge in [-0.2, -0.15) is 0 Å². The van der Waals surface area contributed by atoms with Crippen LogP contribution in [0.3, 0.4) is 0 Å². The molecular weight excluding hydrogens is 228 g/mol. The summed E-state index contributed by atoms with van der Waals surface area (Å²) < 4.78 is 30.2. The molecule has 0 aliphatic rings. The maximum atomic E-state index is 12.0. The molecule has 0 aromatic heterocycles. The van der Waals surface area contributed by atoms with Crippen molar-refractivity contribution in [3.8, 4) is 5.75 Å². The van der Waals surface area contributed by atoms with Gasteiger partial charge in [0, 0.05) is 19.7 Å². The monoisotopic (exact) mass is 244 g/mol. The molecule has 16 heavy (non-hydrogen) atoms. The number of benzene rings is 1. The first-order valence-electron chi connectivity index (χ1n) is 4.83. The molecule has 0 heterocycles. The second kappa shape index (κ2) is 4.71. The summed E-state index contributed by atoms with van der Waals surface area (Å²) in [5.74, 6) is 0.366. The third-order valence-corrected chi connectivity index (χ3v) is 4.29. The van der Waals surface area contributed by atoms with E-state index in [0.29, 0.717) is 18.0 Å². The average molecular weight is 244 g/mol. The number of hydrogen-bond donors (Lipinski definition) is 1. The number of anilines is 1.